The van der Waals surface area contributed by atoms with Crippen LogP contribution in [0.2, 0.25) is 0 Å². The molecule has 0 aromatic heterocycles. The van der Waals surface area contributed by atoms with Crippen LogP contribution < -0.4 is 4.90 Å². The molecule has 2 aromatic carbocycles. The van der Waals surface area contributed by atoms with Crippen LogP contribution in [0.4, 0.5) is 5.69 Å². The molecule has 1 fully saturated rings. The molecule has 4 rings (SSSR count). The quantitative estimate of drug-likeness (QED) is 0.610. The van der Waals surface area contributed by atoms with Crippen molar-refractivity contribution in [3.05, 3.63) is 59.7 Å². The Hall–Kier alpha value is -2.84. The molecule has 0 atom stereocenters. The van der Waals surface area contributed by atoms with E-state index in [9.17, 15) is 14.4 Å². The Balaban J connectivity index is 1.42. The summed E-state index contributed by atoms with van der Waals surface area (Å²) < 4.78 is 0. The second kappa shape index (κ2) is 11.1. The van der Waals surface area contributed by atoms with E-state index < -0.39 is 0 Å². The molecule has 7 nitrogen and oxygen atoms in total. The molecular weight excluding hydrogens is 448 g/mol. The Labute approximate surface area is 205 Å². The van der Waals surface area contributed by atoms with Crippen molar-refractivity contribution in [3.8, 4) is 0 Å². The number of carbonyl (C=O) groups is 3. The van der Waals surface area contributed by atoms with E-state index >= 15 is 0 Å². The summed E-state index contributed by atoms with van der Waals surface area (Å²) in [5.41, 5.74) is 2.48. The summed E-state index contributed by atoms with van der Waals surface area (Å²) >= 11 is 1.46. The summed E-state index contributed by atoms with van der Waals surface area (Å²) in [6, 6.07) is 15.8. The van der Waals surface area contributed by atoms with Crippen LogP contribution in [-0.2, 0) is 16.1 Å². The van der Waals surface area contributed by atoms with Crippen LogP contribution in [0.5, 0.6) is 0 Å². The number of benzene rings is 2. The molecule has 0 radical (unpaired) electrons. The molecule has 180 valence electrons. The summed E-state index contributed by atoms with van der Waals surface area (Å²) in [6.07, 6.45) is 0. The lowest BCUT2D eigenvalue weighted by atomic mass is 10.1. The number of carbonyl (C=O) groups excluding carboxylic acids is 3. The average Bonchev–Trinajstić information content (AvgIpc) is 2.87. The van der Waals surface area contributed by atoms with Crippen molar-refractivity contribution in [2.75, 3.05) is 56.5 Å². The van der Waals surface area contributed by atoms with Gasteiger partial charge in [0.2, 0.25) is 11.8 Å². The lowest BCUT2D eigenvalue weighted by Crippen LogP contribution is -2.52. The van der Waals surface area contributed by atoms with Crippen molar-refractivity contribution >= 4 is 35.2 Å². The lowest BCUT2D eigenvalue weighted by Gasteiger charge is -2.36. The van der Waals surface area contributed by atoms with Crippen LogP contribution in [-0.4, -0.2) is 84.0 Å². The molecule has 2 aromatic rings. The fraction of sp³-hybridized carbons (Fsp3) is 0.423. The van der Waals surface area contributed by atoms with Gasteiger partial charge in [-0.15, -0.1) is 11.8 Å². The monoisotopic (exact) mass is 480 g/mol. The first kappa shape index (κ1) is 24.3. The van der Waals surface area contributed by atoms with Crippen LogP contribution >= 0.6 is 11.8 Å². The summed E-state index contributed by atoms with van der Waals surface area (Å²) in [4.78, 5) is 47.2. The Bertz CT molecular complexity index is 1030. The molecule has 2 aliphatic rings. The van der Waals surface area contributed by atoms with Crippen molar-refractivity contribution in [2.45, 2.75) is 25.3 Å². The number of thioether (sulfide) groups is 1. The largest absolute Gasteiger partial charge is 0.339 e. The number of fused-ring (bicyclic) bond motifs is 1. The Morgan fingerprint density at radius 1 is 0.971 bits per heavy atom. The van der Waals surface area contributed by atoms with Crippen LogP contribution in [0.15, 0.2) is 53.4 Å². The zero-order valence-corrected chi connectivity index (χ0v) is 20.7. The number of hydrogen-bond donors (Lipinski definition) is 0. The first-order chi connectivity index (χ1) is 16.5. The van der Waals surface area contributed by atoms with E-state index in [1.807, 2.05) is 49.1 Å². The number of amides is 3. The molecular formula is C26H32N4O3S. The van der Waals surface area contributed by atoms with Gasteiger partial charge in [-0.3, -0.25) is 19.3 Å². The van der Waals surface area contributed by atoms with Crippen LogP contribution in [0.3, 0.4) is 0 Å². The van der Waals surface area contributed by atoms with Gasteiger partial charge in [0.1, 0.15) is 6.54 Å². The maximum atomic E-state index is 13.1. The van der Waals surface area contributed by atoms with Crippen molar-refractivity contribution in [3.63, 3.8) is 0 Å². The fourth-order valence-electron chi connectivity index (χ4n) is 4.43. The Kier molecular flexibility index (Phi) is 7.90. The van der Waals surface area contributed by atoms with Crippen molar-refractivity contribution in [1.82, 2.24) is 14.7 Å². The molecule has 3 amide bonds. The molecule has 0 aliphatic carbocycles. The Morgan fingerprint density at radius 3 is 2.35 bits per heavy atom. The van der Waals surface area contributed by atoms with Crippen molar-refractivity contribution < 1.29 is 14.4 Å². The van der Waals surface area contributed by atoms with Crippen LogP contribution in [0, 0.1) is 0 Å². The molecule has 0 N–H and O–H groups in total. The SMILES string of the molecule is CCN(CC)C(=O)c1ccc2c(c1)N(CC(=O)N1CCN(Cc3ccccc3)CC1)C(=O)CS2. The van der Waals surface area contributed by atoms with Gasteiger partial charge in [-0.1, -0.05) is 30.3 Å². The van der Waals surface area contributed by atoms with Gasteiger partial charge in [-0.05, 0) is 37.6 Å². The fourth-order valence-corrected chi connectivity index (χ4v) is 5.35. The highest BCUT2D eigenvalue weighted by molar-refractivity contribution is 8.00. The standard InChI is InChI=1S/C26H32N4O3S/c1-3-28(4-2)26(33)21-10-11-23-22(16-21)30(25(32)19-34-23)18-24(31)29-14-12-27(13-15-29)17-20-8-6-5-7-9-20/h5-11,16H,3-4,12-15,17-19H2,1-2H3. The molecule has 0 spiro atoms. The highest BCUT2D eigenvalue weighted by atomic mass is 32.2. The normalized spacial score (nSPS) is 16.4. The van der Waals surface area contributed by atoms with Crippen molar-refractivity contribution in [2.24, 2.45) is 0 Å². The summed E-state index contributed by atoms with van der Waals surface area (Å²) in [5, 5.41) is 0. The smallest absolute Gasteiger partial charge is 0.253 e. The van der Waals surface area contributed by atoms with Crippen LogP contribution in [0.1, 0.15) is 29.8 Å². The summed E-state index contributed by atoms with van der Waals surface area (Å²) in [5.74, 6) is 0.0951. The second-order valence-electron chi connectivity index (χ2n) is 8.57. The minimum Gasteiger partial charge on any atom is -0.339 e. The number of nitrogens with zero attached hydrogens (tertiary/aromatic N) is 4. The van der Waals surface area contributed by atoms with Gasteiger partial charge in [0.05, 0.1) is 11.4 Å². The number of rotatable bonds is 7. The number of anilines is 1. The van der Waals surface area contributed by atoms with Gasteiger partial charge in [0, 0.05) is 56.3 Å². The summed E-state index contributed by atoms with van der Waals surface area (Å²) in [7, 11) is 0. The molecule has 2 heterocycles. The number of hydrogen-bond acceptors (Lipinski definition) is 5. The van der Waals surface area contributed by atoms with E-state index in [2.05, 4.69) is 17.0 Å². The lowest BCUT2D eigenvalue weighted by molar-refractivity contribution is -0.132. The third-order valence-electron chi connectivity index (χ3n) is 6.47. The first-order valence-electron chi connectivity index (χ1n) is 11.9. The van der Waals surface area contributed by atoms with E-state index in [1.54, 1.807) is 15.9 Å². The molecule has 0 unspecified atom stereocenters. The van der Waals surface area contributed by atoms with Gasteiger partial charge >= 0.3 is 0 Å². The molecule has 2 aliphatic heterocycles. The van der Waals surface area contributed by atoms with E-state index in [0.29, 0.717) is 43.2 Å². The van der Waals surface area contributed by atoms with E-state index in [1.165, 1.54) is 17.3 Å². The summed E-state index contributed by atoms with van der Waals surface area (Å²) in [6.45, 7) is 8.94. The predicted octanol–water partition coefficient (Wildman–Crippen LogP) is 2.95. The maximum absolute atomic E-state index is 13.1. The minimum atomic E-state index is -0.0963. The van der Waals surface area contributed by atoms with Gasteiger partial charge in [0.15, 0.2) is 0 Å². The second-order valence-corrected chi connectivity index (χ2v) is 9.59. The van der Waals surface area contributed by atoms with Gasteiger partial charge in [-0.25, -0.2) is 0 Å². The third kappa shape index (κ3) is 5.45. The van der Waals surface area contributed by atoms with Gasteiger partial charge in [0.25, 0.3) is 5.91 Å². The molecule has 0 bridgehead atoms. The predicted molar refractivity (Wildman–Crippen MR) is 135 cm³/mol. The van der Waals surface area contributed by atoms with Crippen LogP contribution in [0.25, 0.3) is 0 Å². The molecule has 34 heavy (non-hydrogen) atoms. The highest BCUT2D eigenvalue weighted by Crippen LogP contribution is 2.36. The molecule has 8 heteroatoms. The van der Waals surface area contributed by atoms with Gasteiger partial charge in [-0.2, -0.15) is 0 Å². The van der Waals surface area contributed by atoms with Crippen molar-refractivity contribution in [1.29, 1.82) is 0 Å². The zero-order chi connectivity index (χ0) is 24.1. The first-order valence-corrected chi connectivity index (χ1v) is 12.9. The highest BCUT2D eigenvalue weighted by Gasteiger charge is 2.30. The number of piperazine rings is 1. The minimum absolute atomic E-state index is 0.00793. The third-order valence-corrected chi connectivity index (χ3v) is 7.51. The zero-order valence-electron chi connectivity index (χ0n) is 19.9. The van der Waals surface area contributed by atoms with E-state index in [4.69, 9.17) is 0 Å². The van der Waals surface area contributed by atoms with Gasteiger partial charge < -0.3 is 14.7 Å². The maximum Gasteiger partial charge on any atom is 0.253 e. The average molecular weight is 481 g/mol. The molecule has 0 saturated carbocycles. The van der Waals surface area contributed by atoms with E-state index in [0.717, 1.165) is 24.5 Å². The molecule has 1 saturated heterocycles. The Morgan fingerprint density at radius 2 is 1.68 bits per heavy atom. The topological polar surface area (TPSA) is 64.2 Å². The van der Waals surface area contributed by atoms with E-state index in [-0.39, 0.29) is 24.3 Å².